The molecule has 0 fully saturated rings. The van der Waals surface area contributed by atoms with E-state index in [2.05, 4.69) is 17.3 Å². The molecule has 0 radical (unpaired) electrons. The van der Waals surface area contributed by atoms with E-state index in [0.29, 0.717) is 26.2 Å². The monoisotopic (exact) mass is 279 g/mol. The summed E-state index contributed by atoms with van der Waals surface area (Å²) in [6, 6.07) is 0.980. The van der Waals surface area contributed by atoms with Gasteiger partial charge in [-0.3, -0.25) is 4.68 Å². The van der Waals surface area contributed by atoms with Crippen LogP contribution in [0.15, 0.2) is 12.3 Å². The lowest BCUT2D eigenvalue weighted by molar-refractivity contribution is -0.141. The van der Waals surface area contributed by atoms with Crippen LogP contribution in [0.2, 0.25) is 0 Å². The average molecular weight is 279 g/mol. The van der Waals surface area contributed by atoms with Crippen molar-refractivity contribution in [3.05, 3.63) is 18.0 Å². The summed E-state index contributed by atoms with van der Waals surface area (Å²) in [4.78, 5) is 0. The van der Waals surface area contributed by atoms with Gasteiger partial charge in [-0.2, -0.15) is 18.3 Å². The number of hydrogen-bond donors (Lipinski definition) is 1. The number of nitrogens with one attached hydrogen (secondary N) is 1. The van der Waals surface area contributed by atoms with Crippen molar-refractivity contribution in [2.24, 2.45) is 0 Å². The lowest BCUT2D eigenvalue weighted by Crippen LogP contribution is -2.24. The van der Waals surface area contributed by atoms with Crippen LogP contribution in [0.1, 0.15) is 25.5 Å². The maximum absolute atomic E-state index is 12.3. The van der Waals surface area contributed by atoms with Crippen molar-refractivity contribution >= 4 is 0 Å². The number of halogens is 3. The first kappa shape index (κ1) is 16.0. The van der Waals surface area contributed by atoms with E-state index < -0.39 is 11.9 Å². The summed E-state index contributed by atoms with van der Waals surface area (Å²) >= 11 is 0. The van der Waals surface area contributed by atoms with Crippen LogP contribution in [0.25, 0.3) is 0 Å². The first-order valence-corrected chi connectivity index (χ1v) is 6.43. The Morgan fingerprint density at radius 3 is 2.74 bits per heavy atom. The molecule has 4 nitrogen and oxygen atoms in total. The van der Waals surface area contributed by atoms with Gasteiger partial charge < -0.3 is 10.1 Å². The van der Waals surface area contributed by atoms with Gasteiger partial charge in [0.2, 0.25) is 0 Å². The molecule has 0 saturated carbocycles. The molecule has 0 saturated heterocycles. The summed E-state index contributed by atoms with van der Waals surface area (Å²) in [6.07, 6.45) is -0.879. The molecule has 0 amide bonds. The van der Waals surface area contributed by atoms with Crippen LogP contribution >= 0.6 is 0 Å². The van der Waals surface area contributed by atoms with Crippen molar-refractivity contribution in [3.8, 4) is 0 Å². The van der Waals surface area contributed by atoms with Crippen molar-refractivity contribution in [3.63, 3.8) is 0 Å². The summed E-state index contributed by atoms with van der Waals surface area (Å²) in [5.74, 6) is 0. The van der Waals surface area contributed by atoms with Crippen LogP contribution in [-0.2, 0) is 17.5 Å². The average Bonchev–Trinajstić information content (AvgIpc) is 2.81. The Labute approximate surface area is 110 Å². The fourth-order valence-corrected chi connectivity index (χ4v) is 1.45. The quantitative estimate of drug-likeness (QED) is 0.705. The van der Waals surface area contributed by atoms with Gasteiger partial charge in [0, 0.05) is 25.9 Å². The highest BCUT2D eigenvalue weighted by Gasteiger charge is 2.33. The first-order chi connectivity index (χ1) is 9.04. The van der Waals surface area contributed by atoms with Crippen LogP contribution in [0, 0.1) is 0 Å². The van der Waals surface area contributed by atoms with E-state index in [4.69, 9.17) is 4.74 Å². The molecular formula is C12H20F3N3O. The Hall–Kier alpha value is -1.08. The minimum absolute atomic E-state index is 0.408. The third-order valence-corrected chi connectivity index (χ3v) is 2.51. The predicted molar refractivity (Wildman–Crippen MR) is 65.8 cm³/mol. The molecule has 7 heteroatoms. The Morgan fingerprint density at radius 1 is 1.32 bits per heavy atom. The van der Waals surface area contributed by atoms with E-state index in [1.807, 2.05) is 0 Å². The number of nitrogens with zero attached hydrogens (tertiary/aromatic N) is 2. The van der Waals surface area contributed by atoms with Crippen molar-refractivity contribution in [1.29, 1.82) is 0 Å². The lowest BCUT2D eigenvalue weighted by Gasteiger charge is -2.06. The molecular weight excluding hydrogens is 259 g/mol. The van der Waals surface area contributed by atoms with Gasteiger partial charge in [-0.05, 0) is 12.5 Å². The second-order valence-electron chi connectivity index (χ2n) is 4.18. The SMILES string of the molecule is CCCCOCCNCCn1ccc(C(F)(F)F)n1. The van der Waals surface area contributed by atoms with Gasteiger partial charge in [0.25, 0.3) is 0 Å². The molecule has 0 spiro atoms. The Kier molecular flexibility index (Phi) is 6.86. The molecule has 1 heterocycles. The minimum Gasteiger partial charge on any atom is -0.380 e. The molecule has 0 aliphatic rings. The van der Waals surface area contributed by atoms with Crippen molar-refractivity contribution in [1.82, 2.24) is 15.1 Å². The summed E-state index contributed by atoms with van der Waals surface area (Å²) in [7, 11) is 0. The number of unbranched alkanes of at least 4 members (excludes halogenated alkanes) is 1. The molecule has 110 valence electrons. The first-order valence-electron chi connectivity index (χ1n) is 6.43. The molecule has 0 unspecified atom stereocenters. The number of hydrogen-bond acceptors (Lipinski definition) is 3. The summed E-state index contributed by atoms with van der Waals surface area (Å²) in [5.41, 5.74) is -0.851. The van der Waals surface area contributed by atoms with Gasteiger partial charge in [-0.1, -0.05) is 13.3 Å². The minimum atomic E-state index is -4.37. The zero-order valence-electron chi connectivity index (χ0n) is 11.0. The van der Waals surface area contributed by atoms with Gasteiger partial charge >= 0.3 is 6.18 Å². The molecule has 0 aliphatic heterocycles. The van der Waals surface area contributed by atoms with Crippen molar-refractivity contribution in [2.75, 3.05) is 26.3 Å². The molecule has 1 N–H and O–H groups in total. The van der Waals surface area contributed by atoms with Gasteiger partial charge in [0.15, 0.2) is 5.69 Å². The molecule has 0 aliphatic carbocycles. The molecule has 1 rings (SSSR count). The highest BCUT2D eigenvalue weighted by molar-refractivity contribution is 5.03. The van der Waals surface area contributed by atoms with Crippen LogP contribution in [0.5, 0.6) is 0 Å². The number of aromatic nitrogens is 2. The molecule has 0 aromatic carbocycles. The molecule has 1 aromatic rings. The van der Waals surface area contributed by atoms with E-state index in [1.54, 1.807) is 0 Å². The Morgan fingerprint density at radius 2 is 2.11 bits per heavy atom. The second-order valence-corrected chi connectivity index (χ2v) is 4.18. The summed E-state index contributed by atoms with van der Waals surface area (Å²) in [6.45, 7) is 5.14. The largest absolute Gasteiger partial charge is 0.435 e. The maximum Gasteiger partial charge on any atom is 0.435 e. The maximum atomic E-state index is 12.3. The molecule has 0 bridgehead atoms. The highest BCUT2D eigenvalue weighted by atomic mass is 19.4. The van der Waals surface area contributed by atoms with E-state index in [1.165, 1.54) is 10.9 Å². The van der Waals surface area contributed by atoms with E-state index in [-0.39, 0.29) is 0 Å². The van der Waals surface area contributed by atoms with Crippen LogP contribution in [-0.4, -0.2) is 36.1 Å². The molecule has 19 heavy (non-hydrogen) atoms. The van der Waals surface area contributed by atoms with E-state index >= 15 is 0 Å². The van der Waals surface area contributed by atoms with Gasteiger partial charge in [-0.15, -0.1) is 0 Å². The van der Waals surface area contributed by atoms with Crippen LogP contribution < -0.4 is 5.32 Å². The fourth-order valence-electron chi connectivity index (χ4n) is 1.45. The topological polar surface area (TPSA) is 39.1 Å². The smallest absolute Gasteiger partial charge is 0.380 e. The molecule has 0 atom stereocenters. The summed E-state index contributed by atoms with van der Waals surface area (Å²) in [5, 5.41) is 6.55. The molecule has 1 aromatic heterocycles. The van der Waals surface area contributed by atoms with Crippen molar-refractivity contribution < 1.29 is 17.9 Å². The third-order valence-electron chi connectivity index (χ3n) is 2.51. The third kappa shape index (κ3) is 6.58. The second kappa shape index (κ2) is 8.16. The van der Waals surface area contributed by atoms with Gasteiger partial charge in [0.1, 0.15) is 0 Å². The normalized spacial score (nSPS) is 12.0. The number of ether oxygens (including phenoxy) is 1. The van der Waals surface area contributed by atoms with Gasteiger partial charge in [-0.25, -0.2) is 0 Å². The lowest BCUT2D eigenvalue weighted by atomic mass is 10.4. The van der Waals surface area contributed by atoms with E-state index in [9.17, 15) is 13.2 Å². The van der Waals surface area contributed by atoms with Gasteiger partial charge in [0.05, 0.1) is 13.2 Å². The van der Waals surface area contributed by atoms with E-state index in [0.717, 1.165) is 25.5 Å². The highest BCUT2D eigenvalue weighted by Crippen LogP contribution is 2.26. The fraction of sp³-hybridized carbons (Fsp3) is 0.750. The van der Waals surface area contributed by atoms with Crippen molar-refractivity contribution in [2.45, 2.75) is 32.5 Å². The Balaban J connectivity index is 2.08. The summed E-state index contributed by atoms with van der Waals surface area (Å²) < 4.78 is 43.5. The zero-order chi connectivity index (χ0) is 14.1. The zero-order valence-corrected chi connectivity index (χ0v) is 11.0. The number of alkyl halides is 3. The number of rotatable bonds is 9. The standard InChI is InChI=1S/C12H20F3N3O/c1-2-3-9-19-10-6-16-5-8-18-7-4-11(17-18)12(13,14)15/h4,7,16H,2-3,5-6,8-10H2,1H3. The van der Waals surface area contributed by atoms with Crippen LogP contribution in [0.3, 0.4) is 0 Å². The Bertz CT molecular complexity index is 352. The predicted octanol–water partition coefficient (Wildman–Crippen LogP) is 2.31. The van der Waals surface area contributed by atoms with Crippen LogP contribution in [0.4, 0.5) is 13.2 Å².